The number of carboxylic acid groups (broad SMARTS) is 2. The lowest BCUT2D eigenvalue weighted by molar-refractivity contribution is -0.159. The highest BCUT2D eigenvalue weighted by Crippen LogP contribution is 2.10. The van der Waals surface area contributed by atoms with Crippen LogP contribution in [0.5, 0.6) is 0 Å². The van der Waals surface area contributed by atoms with Gasteiger partial charge in [0, 0.05) is 39.3 Å². The van der Waals surface area contributed by atoms with Crippen LogP contribution < -0.4 is 0 Å². The Morgan fingerprint density at radius 1 is 0.897 bits per heavy atom. The number of benzene rings is 2. The Balaban J connectivity index is 0.000000438. The molecular weight excluding hydrogens is 368 g/mol. The minimum Gasteiger partial charge on any atom is -0.473 e. The largest absolute Gasteiger partial charge is 0.473 e. The number of piperazine rings is 1. The van der Waals surface area contributed by atoms with E-state index in [9.17, 15) is 0 Å². The molecular formula is C23H28N2O4. The van der Waals surface area contributed by atoms with Gasteiger partial charge in [0.2, 0.25) is 0 Å². The van der Waals surface area contributed by atoms with Crippen molar-refractivity contribution in [2.24, 2.45) is 0 Å². The molecule has 2 aromatic carbocycles. The topological polar surface area (TPSA) is 81.1 Å². The van der Waals surface area contributed by atoms with Gasteiger partial charge >= 0.3 is 11.9 Å². The van der Waals surface area contributed by atoms with Crippen LogP contribution >= 0.6 is 0 Å². The van der Waals surface area contributed by atoms with Crippen LogP contribution in [0, 0.1) is 6.92 Å². The van der Waals surface area contributed by atoms with Crippen LogP contribution in [0.25, 0.3) is 6.08 Å². The maximum Gasteiger partial charge on any atom is 0.414 e. The summed E-state index contributed by atoms with van der Waals surface area (Å²) in [5, 5.41) is 14.8. The molecule has 2 aromatic rings. The lowest BCUT2D eigenvalue weighted by atomic mass is 10.1. The fourth-order valence-electron chi connectivity index (χ4n) is 3.10. The van der Waals surface area contributed by atoms with Gasteiger partial charge in [-0.25, -0.2) is 9.59 Å². The Bertz CT molecular complexity index is 801. The minimum absolute atomic E-state index is 1.05. The van der Waals surface area contributed by atoms with Crippen molar-refractivity contribution in [1.82, 2.24) is 9.80 Å². The predicted molar refractivity (Wildman–Crippen MR) is 114 cm³/mol. The SMILES string of the molecule is Cc1cccc(CN2CCN(C/C=C/c3ccccc3)CC2)c1.O=C(O)C(=O)O. The molecule has 0 bridgehead atoms. The summed E-state index contributed by atoms with van der Waals surface area (Å²) in [5.74, 6) is -3.65. The van der Waals surface area contributed by atoms with Crippen molar-refractivity contribution in [3.8, 4) is 0 Å². The second-order valence-electron chi connectivity index (χ2n) is 6.99. The molecule has 6 heteroatoms. The molecule has 1 aliphatic rings. The zero-order valence-corrected chi connectivity index (χ0v) is 16.7. The molecule has 29 heavy (non-hydrogen) atoms. The van der Waals surface area contributed by atoms with Crippen molar-refractivity contribution < 1.29 is 19.8 Å². The van der Waals surface area contributed by atoms with E-state index < -0.39 is 11.9 Å². The molecule has 154 valence electrons. The molecule has 1 fully saturated rings. The maximum absolute atomic E-state index is 9.10. The Labute approximate surface area is 171 Å². The third-order valence-corrected chi connectivity index (χ3v) is 4.61. The highest BCUT2D eigenvalue weighted by molar-refractivity contribution is 6.27. The van der Waals surface area contributed by atoms with Gasteiger partial charge in [-0.1, -0.05) is 72.3 Å². The number of aryl methyl sites for hydroxylation is 1. The minimum atomic E-state index is -1.82. The van der Waals surface area contributed by atoms with Gasteiger partial charge in [-0.3, -0.25) is 9.80 Å². The molecule has 0 aromatic heterocycles. The number of nitrogens with zero attached hydrogens (tertiary/aromatic N) is 2. The number of aliphatic carboxylic acids is 2. The molecule has 0 spiro atoms. The third-order valence-electron chi connectivity index (χ3n) is 4.61. The van der Waals surface area contributed by atoms with Gasteiger partial charge in [0.1, 0.15) is 0 Å². The molecule has 0 atom stereocenters. The Hall–Kier alpha value is -2.96. The first-order valence-corrected chi connectivity index (χ1v) is 9.62. The van der Waals surface area contributed by atoms with Crippen LogP contribution in [0.2, 0.25) is 0 Å². The van der Waals surface area contributed by atoms with Crippen molar-refractivity contribution in [2.45, 2.75) is 13.5 Å². The molecule has 3 rings (SSSR count). The van der Waals surface area contributed by atoms with Crippen molar-refractivity contribution in [3.63, 3.8) is 0 Å². The Morgan fingerprint density at radius 2 is 1.52 bits per heavy atom. The molecule has 0 saturated carbocycles. The van der Waals surface area contributed by atoms with Crippen molar-refractivity contribution in [2.75, 3.05) is 32.7 Å². The molecule has 1 saturated heterocycles. The fraction of sp³-hybridized carbons (Fsp3) is 0.304. The van der Waals surface area contributed by atoms with E-state index in [4.69, 9.17) is 19.8 Å². The summed E-state index contributed by atoms with van der Waals surface area (Å²) in [6.07, 6.45) is 4.50. The monoisotopic (exact) mass is 396 g/mol. The van der Waals surface area contributed by atoms with Gasteiger partial charge in [0.15, 0.2) is 0 Å². The van der Waals surface area contributed by atoms with Crippen LogP contribution in [0.3, 0.4) is 0 Å². The first-order chi connectivity index (χ1) is 13.9. The zero-order valence-electron chi connectivity index (χ0n) is 16.7. The van der Waals surface area contributed by atoms with E-state index in [-0.39, 0.29) is 0 Å². The molecule has 0 amide bonds. The van der Waals surface area contributed by atoms with Crippen LogP contribution in [0.1, 0.15) is 16.7 Å². The average Bonchev–Trinajstić information content (AvgIpc) is 2.71. The van der Waals surface area contributed by atoms with E-state index in [1.165, 1.54) is 16.7 Å². The standard InChI is InChI=1S/C21H26N2.C2H2O4/c1-19-7-5-10-21(17-19)18-23-15-13-22(14-16-23)12-6-11-20-8-3-2-4-9-20;3-1(4)2(5)6/h2-11,17H,12-16,18H2,1H3;(H,3,4)(H,5,6)/b11-6+;. The van der Waals surface area contributed by atoms with E-state index in [2.05, 4.69) is 83.5 Å². The summed E-state index contributed by atoms with van der Waals surface area (Å²) in [7, 11) is 0. The van der Waals surface area contributed by atoms with Crippen LogP contribution in [0.15, 0.2) is 60.7 Å². The van der Waals surface area contributed by atoms with Crippen LogP contribution in [-0.4, -0.2) is 64.7 Å². The molecule has 0 aliphatic carbocycles. The number of hydrogen-bond acceptors (Lipinski definition) is 4. The summed E-state index contributed by atoms with van der Waals surface area (Å²) < 4.78 is 0. The molecule has 6 nitrogen and oxygen atoms in total. The summed E-state index contributed by atoms with van der Waals surface area (Å²) in [6, 6.07) is 19.4. The first kappa shape index (κ1) is 22.3. The number of rotatable bonds is 5. The van der Waals surface area contributed by atoms with Gasteiger partial charge < -0.3 is 10.2 Å². The van der Waals surface area contributed by atoms with E-state index in [0.717, 1.165) is 39.3 Å². The van der Waals surface area contributed by atoms with Crippen molar-refractivity contribution >= 4 is 18.0 Å². The van der Waals surface area contributed by atoms with E-state index >= 15 is 0 Å². The van der Waals surface area contributed by atoms with E-state index in [0.29, 0.717) is 0 Å². The van der Waals surface area contributed by atoms with Gasteiger partial charge in [-0.15, -0.1) is 0 Å². The highest BCUT2D eigenvalue weighted by atomic mass is 16.4. The maximum atomic E-state index is 9.10. The van der Waals surface area contributed by atoms with Gasteiger partial charge in [-0.2, -0.15) is 0 Å². The van der Waals surface area contributed by atoms with Crippen molar-refractivity contribution in [1.29, 1.82) is 0 Å². The summed E-state index contributed by atoms with van der Waals surface area (Å²) in [5.41, 5.74) is 4.07. The number of hydrogen-bond donors (Lipinski definition) is 2. The Morgan fingerprint density at radius 3 is 2.10 bits per heavy atom. The molecule has 0 radical (unpaired) electrons. The predicted octanol–water partition coefficient (Wildman–Crippen LogP) is 2.98. The summed E-state index contributed by atoms with van der Waals surface area (Å²) >= 11 is 0. The summed E-state index contributed by atoms with van der Waals surface area (Å²) in [4.78, 5) is 23.3. The average molecular weight is 396 g/mol. The Kier molecular flexibility index (Phi) is 9.08. The lowest BCUT2D eigenvalue weighted by Gasteiger charge is -2.34. The second kappa shape index (κ2) is 11.8. The molecule has 1 heterocycles. The first-order valence-electron chi connectivity index (χ1n) is 9.62. The smallest absolute Gasteiger partial charge is 0.414 e. The summed E-state index contributed by atoms with van der Waals surface area (Å²) in [6.45, 7) is 8.93. The van der Waals surface area contributed by atoms with Crippen molar-refractivity contribution in [3.05, 3.63) is 77.4 Å². The normalized spacial score (nSPS) is 14.9. The quantitative estimate of drug-likeness (QED) is 0.757. The van der Waals surface area contributed by atoms with Gasteiger partial charge in [0.05, 0.1) is 0 Å². The van der Waals surface area contributed by atoms with Crippen LogP contribution in [-0.2, 0) is 16.1 Å². The zero-order chi connectivity index (χ0) is 21.1. The van der Waals surface area contributed by atoms with Gasteiger partial charge in [0.25, 0.3) is 0 Å². The second-order valence-corrected chi connectivity index (χ2v) is 6.99. The third kappa shape index (κ3) is 8.72. The van der Waals surface area contributed by atoms with Gasteiger partial charge in [-0.05, 0) is 18.1 Å². The van der Waals surface area contributed by atoms with Crippen LogP contribution in [0.4, 0.5) is 0 Å². The van der Waals surface area contributed by atoms with E-state index in [1.54, 1.807) is 0 Å². The number of carbonyl (C=O) groups is 2. The molecule has 0 unspecified atom stereocenters. The van der Waals surface area contributed by atoms with E-state index in [1.807, 2.05) is 0 Å². The lowest BCUT2D eigenvalue weighted by Crippen LogP contribution is -2.45. The molecule has 2 N–H and O–H groups in total. The molecule has 1 aliphatic heterocycles. The fourth-order valence-corrected chi connectivity index (χ4v) is 3.10. The number of carboxylic acids is 2. The highest BCUT2D eigenvalue weighted by Gasteiger charge is 2.15.